The highest BCUT2D eigenvalue weighted by molar-refractivity contribution is 7.80. The van der Waals surface area contributed by atoms with Crippen molar-refractivity contribution in [3.05, 3.63) is 54.1 Å². The number of nitrogens with zero attached hydrogens (tertiary/aromatic N) is 4. The second-order valence-corrected chi connectivity index (χ2v) is 19.2. The fraction of sp³-hybridized carbons (Fsp3) is 0.596. The molecule has 9 atom stereocenters. The van der Waals surface area contributed by atoms with E-state index in [1.54, 1.807) is 30.3 Å². The van der Waals surface area contributed by atoms with Gasteiger partial charge in [0.15, 0.2) is 0 Å². The number of nitrogens with one attached hydrogen (secondary N) is 6. The summed E-state index contributed by atoms with van der Waals surface area (Å²) in [5, 5.41) is 22.8. The molecule has 0 aliphatic carbocycles. The van der Waals surface area contributed by atoms with E-state index >= 15 is 0 Å². The number of likely N-dealkylation sites (tertiary alicyclic amines) is 3. The van der Waals surface area contributed by atoms with Crippen LogP contribution in [0.4, 0.5) is 0 Å². The minimum Gasteiger partial charge on any atom is -0.480 e. The monoisotopic (exact) mass is 1060 g/mol. The van der Waals surface area contributed by atoms with Crippen LogP contribution in [-0.4, -0.2) is 181 Å². The second-order valence-electron chi connectivity index (χ2n) is 18.4. The van der Waals surface area contributed by atoms with Crippen molar-refractivity contribution >= 4 is 84.4 Å². The van der Waals surface area contributed by atoms with Gasteiger partial charge in [-0.1, -0.05) is 30.3 Å². The Bertz CT molecular complexity index is 2260. The quantitative estimate of drug-likeness (QED) is 0.0319. The maximum absolute atomic E-state index is 14.6. The van der Waals surface area contributed by atoms with Crippen molar-refractivity contribution in [3.63, 3.8) is 0 Å². The number of aromatic amines is 1. The van der Waals surface area contributed by atoms with Gasteiger partial charge in [-0.15, -0.1) is 0 Å². The maximum atomic E-state index is 14.6. The van der Waals surface area contributed by atoms with E-state index in [2.05, 4.69) is 61.8 Å². The van der Waals surface area contributed by atoms with E-state index in [-0.39, 0.29) is 82.5 Å². The van der Waals surface area contributed by atoms with Gasteiger partial charge in [0.2, 0.25) is 53.2 Å². The molecule has 9 amide bonds. The normalized spacial score (nSPS) is 19.9. The molecule has 400 valence electrons. The molecule has 3 fully saturated rings. The van der Waals surface area contributed by atoms with Crippen LogP contribution in [-0.2, 0) is 60.8 Å². The standard InChI is InChI=1S/C47H69N13O11S2/c48-17-5-4-11-30(53-39(62)29(49)24-72)40(63)56-33(22-28-23-51-26-52-28)45(68)60-20-8-14-37(60)46(69)59-19-7-13-36(59)42(65)54-31(15-16-38(50)61)44(67)58-18-6-12-35(58)43(66)55-32(21-27-9-2-1-3-10-27)41(64)57-34(25-73)47(70)71/h1-3,9-10,23,26,29-37,72-73H,4-8,11-22,24-25,48-49H2,(H2,50,61)(H,51,52)(H,53,62)(H,54,65)(H,55,66)(H,56,63)(H,57,64)(H,70,71)/t29-,30-,31-,32-,33-,34-,35-,36-,37-/m0/s1. The molecule has 13 N–H and O–H groups in total. The van der Waals surface area contributed by atoms with Crippen molar-refractivity contribution in [1.29, 1.82) is 0 Å². The molecular formula is C47H69N13O11S2. The third kappa shape index (κ3) is 16.1. The van der Waals surface area contributed by atoms with Crippen molar-refractivity contribution < 1.29 is 53.1 Å². The summed E-state index contributed by atoms with van der Waals surface area (Å²) in [6, 6.07) is -1.73. The molecule has 0 spiro atoms. The van der Waals surface area contributed by atoms with Gasteiger partial charge in [-0.05, 0) is 76.3 Å². The smallest absolute Gasteiger partial charge is 0.327 e. The van der Waals surface area contributed by atoms with E-state index in [0.717, 1.165) is 0 Å². The number of hydrogen-bond acceptors (Lipinski definition) is 15. The predicted molar refractivity (Wildman–Crippen MR) is 271 cm³/mol. The van der Waals surface area contributed by atoms with Gasteiger partial charge in [0.05, 0.1) is 12.4 Å². The molecule has 26 heteroatoms. The van der Waals surface area contributed by atoms with Gasteiger partial charge in [-0.3, -0.25) is 43.2 Å². The number of aromatic nitrogens is 2. The number of thiol groups is 2. The highest BCUT2D eigenvalue weighted by atomic mass is 32.1. The van der Waals surface area contributed by atoms with Crippen LogP contribution in [0.25, 0.3) is 0 Å². The van der Waals surface area contributed by atoms with Crippen molar-refractivity contribution in [2.45, 2.75) is 138 Å². The molecule has 1 aromatic heterocycles. The summed E-state index contributed by atoms with van der Waals surface area (Å²) in [7, 11) is 0. The Balaban J connectivity index is 1.31. The number of aliphatic carboxylic acids is 1. The third-order valence-corrected chi connectivity index (χ3v) is 14.0. The number of H-pyrrole nitrogens is 1. The number of carbonyl (C=O) groups excluding carboxylic acids is 9. The average Bonchev–Trinajstić information content (AvgIpc) is 4.24. The van der Waals surface area contributed by atoms with Crippen LogP contribution in [0.15, 0.2) is 42.9 Å². The number of nitrogens with two attached hydrogens (primary N) is 3. The first kappa shape index (κ1) is 57.6. The molecule has 24 nitrogen and oxygen atoms in total. The SMILES string of the molecule is NCCCC[C@H](NC(=O)[C@@H](N)CS)C(=O)N[C@@H](Cc1cnc[nH]1)C(=O)N1CCC[C@H]1C(=O)N1CCC[C@H]1C(=O)N[C@@H](CCC(N)=O)C(=O)N1CCC[C@H]1C(=O)N[C@@H](Cc1ccccc1)C(=O)N[C@@H](CS)C(=O)O. The van der Waals surface area contributed by atoms with E-state index in [1.165, 1.54) is 27.2 Å². The van der Waals surface area contributed by atoms with Crippen molar-refractivity contribution in [1.82, 2.24) is 51.3 Å². The zero-order chi connectivity index (χ0) is 53.2. The molecule has 1 aromatic carbocycles. The van der Waals surface area contributed by atoms with Crippen LogP contribution >= 0.6 is 25.3 Å². The van der Waals surface area contributed by atoms with Gasteiger partial charge in [-0.2, -0.15) is 25.3 Å². The number of amides is 9. The first-order valence-corrected chi connectivity index (χ1v) is 25.9. The topological polar surface area (TPSA) is 368 Å². The Hall–Kier alpha value is -6.25. The number of unbranched alkanes of at least 4 members (excludes halogenated alkanes) is 1. The van der Waals surface area contributed by atoms with Gasteiger partial charge in [0.1, 0.15) is 48.3 Å². The Morgan fingerprint density at radius 1 is 0.671 bits per heavy atom. The Morgan fingerprint density at radius 2 is 1.23 bits per heavy atom. The molecule has 0 bridgehead atoms. The highest BCUT2D eigenvalue weighted by Crippen LogP contribution is 2.27. The molecule has 0 saturated carbocycles. The van der Waals surface area contributed by atoms with Crippen LogP contribution in [0.2, 0.25) is 0 Å². The summed E-state index contributed by atoms with van der Waals surface area (Å²) in [5.74, 6) is -7.48. The van der Waals surface area contributed by atoms with Crippen LogP contribution in [0.1, 0.15) is 81.9 Å². The Kier molecular flexibility index (Phi) is 22.3. The van der Waals surface area contributed by atoms with Gasteiger partial charge in [0, 0.05) is 62.3 Å². The molecule has 3 saturated heterocycles. The predicted octanol–water partition coefficient (Wildman–Crippen LogP) is -2.74. The third-order valence-electron chi connectivity index (χ3n) is 13.2. The molecule has 0 unspecified atom stereocenters. The minimum atomic E-state index is -1.37. The fourth-order valence-electron chi connectivity index (χ4n) is 9.29. The lowest BCUT2D eigenvalue weighted by Gasteiger charge is -2.34. The Labute approximate surface area is 434 Å². The number of rotatable bonds is 27. The van der Waals surface area contributed by atoms with Crippen molar-refractivity contribution in [3.8, 4) is 0 Å². The number of carboxylic acid groups (broad SMARTS) is 1. The van der Waals surface area contributed by atoms with Gasteiger partial charge < -0.3 is 68.6 Å². The second kappa shape index (κ2) is 28.3. The highest BCUT2D eigenvalue weighted by Gasteiger charge is 2.46. The van der Waals surface area contributed by atoms with Crippen LogP contribution < -0.4 is 43.8 Å². The summed E-state index contributed by atoms with van der Waals surface area (Å²) >= 11 is 8.11. The zero-order valence-electron chi connectivity index (χ0n) is 40.6. The average molecular weight is 1060 g/mol. The number of benzene rings is 1. The van der Waals surface area contributed by atoms with E-state index in [1.807, 2.05) is 0 Å². The first-order valence-electron chi connectivity index (χ1n) is 24.6. The zero-order valence-corrected chi connectivity index (χ0v) is 42.4. The lowest BCUT2D eigenvalue weighted by molar-refractivity contribution is -0.148. The summed E-state index contributed by atoms with van der Waals surface area (Å²) in [5.41, 5.74) is 18.2. The molecule has 2 aromatic rings. The van der Waals surface area contributed by atoms with E-state index in [0.29, 0.717) is 49.9 Å². The van der Waals surface area contributed by atoms with Crippen LogP contribution in [0.3, 0.4) is 0 Å². The summed E-state index contributed by atoms with van der Waals surface area (Å²) in [6.45, 7) is 0.753. The summed E-state index contributed by atoms with van der Waals surface area (Å²) in [6.07, 6.45) is 5.43. The van der Waals surface area contributed by atoms with Crippen molar-refractivity contribution in [2.24, 2.45) is 17.2 Å². The molecule has 3 aliphatic heterocycles. The number of primary amides is 1. The fourth-order valence-corrected chi connectivity index (χ4v) is 9.71. The molecule has 5 rings (SSSR count). The lowest BCUT2D eigenvalue weighted by Crippen LogP contribution is -2.60. The summed E-state index contributed by atoms with van der Waals surface area (Å²) < 4.78 is 0. The number of carboxylic acids is 1. The van der Waals surface area contributed by atoms with Gasteiger partial charge in [-0.25, -0.2) is 9.78 Å². The number of hydrogen-bond donors (Lipinski definition) is 12. The first-order chi connectivity index (χ1) is 35.0. The van der Waals surface area contributed by atoms with Crippen LogP contribution in [0.5, 0.6) is 0 Å². The minimum absolute atomic E-state index is 0.00849. The molecule has 3 aliphatic rings. The van der Waals surface area contributed by atoms with Gasteiger partial charge >= 0.3 is 5.97 Å². The van der Waals surface area contributed by atoms with Crippen molar-refractivity contribution in [2.75, 3.05) is 37.7 Å². The molecule has 73 heavy (non-hydrogen) atoms. The Morgan fingerprint density at radius 3 is 1.82 bits per heavy atom. The lowest BCUT2D eigenvalue weighted by atomic mass is 10.0. The maximum Gasteiger partial charge on any atom is 0.327 e. The van der Waals surface area contributed by atoms with Crippen LogP contribution in [0, 0.1) is 0 Å². The number of imidazole rings is 1. The molecule has 4 heterocycles. The molecular weight excluding hydrogens is 987 g/mol. The van der Waals surface area contributed by atoms with E-state index in [4.69, 9.17) is 17.2 Å². The van der Waals surface area contributed by atoms with E-state index < -0.39 is 114 Å². The van der Waals surface area contributed by atoms with E-state index in [9.17, 15) is 53.1 Å². The number of carbonyl (C=O) groups is 10. The largest absolute Gasteiger partial charge is 0.480 e. The van der Waals surface area contributed by atoms with Gasteiger partial charge in [0.25, 0.3) is 0 Å². The molecule has 0 radical (unpaired) electrons. The summed E-state index contributed by atoms with van der Waals surface area (Å²) in [4.78, 5) is 147.